The van der Waals surface area contributed by atoms with E-state index in [1.807, 2.05) is 24.3 Å². The fraction of sp³-hybridized carbons (Fsp3) is 0.235. The Morgan fingerprint density at radius 3 is 2.59 bits per heavy atom. The summed E-state index contributed by atoms with van der Waals surface area (Å²) < 4.78 is 0. The average Bonchev–Trinajstić information content (AvgIpc) is 2.84. The number of hydrogen-bond donors (Lipinski definition) is 3. The van der Waals surface area contributed by atoms with Crippen LogP contribution in [0.25, 0.3) is 0 Å². The van der Waals surface area contributed by atoms with Gasteiger partial charge in [0.25, 0.3) is 5.91 Å². The molecule has 2 aromatic carbocycles. The summed E-state index contributed by atoms with van der Waals surface area (Å²) in [5.41, 5.74) is 2.18. The molecule has 1 amide bonds. The van der Waals surface area contributed by atoms with E-state index in [0.29, 0.717) is 17.0 Å². The highest BCUT2D eigenvalue weighted by atomic mass is 35.5. The molecule has 0 radical (unpaired) electrons. The fourth-order valence-corrected chi connectivity index (χ4v) is 3.04. The molecule has 114 valence electrons. The summed E-state index contributed by atoms with van der Waals surface area (Å²) in [6, 6.07) is 13.7. The van der Waals surface area contributed by atoms with Gasteiger partial charge in [-0.3, -0.25) is 4.79 Å². The second-order valence-electron chi connectivity index (χ2n) is 5.39. The topological polar surface area (TPSA) is 69.6 Å². The van der Waals surface area contributed by atoms with Gasteiger partial charge in [0.1, 0.15) is 0 Å². The van der Waals surface area contributed by atoms with Crippen molar-refractivity contribution in [2.45, 2.75) is 24.7 Å². The van der Waals surface area contributed by atoms with Crippen LogP contribution in [-0.2, 0) is 11.2 Å². The normalized spacial score (nSPS) is 21.2. The van der Waals surface area contributed by atoms with Gasteiger partial charge < -0.3 is 15.5 Å². The average molecular weight is 318 g/mol. The van der Waals surface area contributed by atoms with Crippen molar-refractivity contribution >= 4 is 17.5 Å². The highest BCUT2D eigenvalue weighted by Gasteiger charge is 2.33. The van der Waals surface area contributed by atoms with Crippen molar-refractivity contribution in [3.05, 3.63) is 70.2 Å². The van der Waals surface area contributed by atoms with Gasteiger partial charge in [-0.1, -0.05) is 54.1 Å². The van der Waals surface area contributed by atoms with Gasteiger partial charge in [-0.2, -0.15) is 0 Å². The summed E-state index contributed by atoms with van der Waals surface area (Å²) in [6.07, 6.45) is -1.58. The van der Waals surface area contributed by atoms with Crippen LogP contribution in [0.5, 0.6) is 0 Å². The van der Waals surface area contributed by atoms with E-state index in [-0.39, 0.29) is 0 Å². The fourth-order valence-electron chi connectivity index (χ4n) is 2.80. The molecular formula is C17H16ClNO3. The first kappa shape index (κ1) is 15.0. The van der Waals surface area contributed by atoms with Crippen LogP contribution in [0.15, 0.2) is 48.5 Å². The molecule has 3 atom stereocenters. The second kappa shape index (κ2) is 6.08. The third-order valence-corrected chi connectivity index (χ3v) is 4.31. The predicted molar refractivity (Wildman–Crippen MR) is 83.4 cm³/mol. The summed E-state index contributed by atoms with van der Waals surface area (Å²) in [4.78, 5) is 12.2. The van der Waals surface area contributed by atoms with Gasteiger partial charge in [0.15, 0.2) is 6.10 Å². The molecule has 0 unspecified atom stereocenters. The van der Waals surface area contributed by atoms with E-state index in [1.54, 1.807) is 24.3 Å². The molecule has 0 aliphatic heterocycles. The minimum Gasteiger partial charge on any atom is -0.386 e. The van der Waals surface area contributed by atoms with Crippen molar-refractivity contribution in [2.24, 2.45) is 0 Å². The SMILES string of the molecule is O=C(N[C@H]1Cc2ccccc2[C@@H]1O)[C@H](O)c1ccccc1Cl. The quantitative estimate of drug-likeness (QED) is 0.812. The first-order valence-electron chi connectivity index (χ1n) is 7.06. The molecule has 3 N–H and O–H groups in total. The molecule has 22 heavy (non-hydrogen) atoms. The summed E-state index contributed by atoms with van der Waals surface area (Å²) in [5.74, 6) is -0.565. The third kappa shape index (κ3) is 2.73. The number of fused-ring (bicyclic) bond motifs is 1. The maximum Gasteiger partial charge on any atom is 0.253 e. The van der Waals surface area contributed by atoms with Crippen molar-refractivity contribution in [1.82, 2.24) is 5.32 Å². The Balaban J connectivity index is 1.72. The lowest BCUT2D eigenvalue weighted by Gasteiger charge is -2.20. The van der Waals surface area contributed by atoms with E-state index in [9.17, 15) is 15.0 Å². The first-order chi connectivity index (χ1) is 10.6. The number of aliphatic hydroxyl groups excluding tert-OH is 2. The standard InChI is InChI=1S/C17H16ClNO3/c18-13-8-4-3-7-12(13)16(21)17(22)19-14-9-10-5-1-2-6-11(10)15(14)20/h1-8,14-16,20-21H,9H2,(H,19,22)/t14-,15-,16+/m0/s1. The van der Waals surface area contributed by atoms with Gasteiger partial charge in [-0.05, 0) is 23.6 Å². The molecule has 5 heteroatoms. The van der Waals surface area contributed by atoms with Crippen LogP contribution >= 0.6 is 11.6 Å². The molecule has 4 nitrogen and oxygen atoms in total. The molecule has 1 aliphatic rings. The number of halogens is 1. The zero-order valence-corrected chi connectivity index (χ0v) is 12.5. The van der Waals surface area contributed by atoms with E-state index in [4.69, 9.17) is 11.6 Å². The maximum absolute atomic E-state index is 12.2. The summed E-state index contributed by atoms with van der Waals surface area (Å²) >= 11 is 5.99. The number of amides is 1. The third-order valence-electron chi connectivity index (χ3n) is 3.97. The molecule has 0 saturated heterocycles. The molecule has 0 saturated carbocycles. The predicted octanol–water partition coefficient (Wildman–Crippen LogP) is 2.15. The molecule has 2 aromatic rings. The van der Waals surface area contributed by atoms with Gasteiger partial charge in [0.2, 0.25) is 0 Å². The number of carbonyl (C=O) groups is 1. The van der Waals surface area contributed by atoms with Crippen LogP contribution in [0.3, 0.4) is 0 Å². The van der Waals surface area contributed by atoms with E-state index in [1.165, 1.54) is 0 Å². The number of aliphatic hydroxyl groups is 2. The van der Waals surface area contributed by atoms with Crippen molar-refractivity contribution in [3.8, 4) is 0 Å². The molecule has 0 aromatic heterocycles. The monoisotopic (exact) mass is 317 g/mol. The molecule has 0 fully saturated rings. The van der Waals surface area contributed by atoms with Crippen molar-refractivity contribution in [2.75, 3.05) is 0 Å². The van der Waals surface area contributed by atoms with E-state index >= 15 is 0 Å². The van der Waals surface area contributed by atoms with Crippen LogP contribution < -0.4 is 5.32 Å². The Kier molecular flexibility index (Phi) is 4.16. The van der Waals surface area contributed by atoms with Crippen LogP contribution in [-0.4, -0.2) is 22.2 Å². The van der Waals surface area contributed by atoms with Gasteiger partial charge in [-0.15, -0.1) is 0 Å². The number of hydrogen-bond acceptors (Lipinski definition) is 3. The smallest absolute Gasteiger partial charge is 0.253 e. The summed E-state index contributed by atoms with van der Waals surface area (Å²) in [7, 11) is 0. The molecule has 1 aliphatic carbocycles. The van der Waals surface area contributed by atoms with Crippen molar-refractivity contribution in [3.63, 3.8) is 0 Å². The van der Waals surface area contributed by atoms with Crippen molar-refractivity contribution in [1.29, 1.82) is 0 Å². The van der Waals surface area contributed by atoms with Crippen molar-refractivity contribution < 1.29 is 15.0 Å². The first-order valence-corrected chi connectivity index (χ1v) is 7.44. The maximum atomic E-state index is 12.2. The minimum atomic E-state index is -1.36. The van der Waals surface area contributed by atoms with Gasteiger partial charge in [0.05, 0.1) is 12.1 Å². The number of nitrogens with one attached hydrogen (secondary N) is 1. The number of rotatable bonds is 3. The Morgan fingerprint density at radius 1 is 1.18 bits per heavy atom. The minimum absolute atomic E-state index is 0.334. The lowest BCUT2D eigenvalue weighted by atomic mass is 10.1. The Morgan fingerprint density at radius 2 is 1.86 bits per heavy atom. The lowest BCUT2D eigenvalue weighted by molar-refractivity contribution is -0.131. The van der Waals surface area contributed by atoms with Crippen LogP contribution in [0.2, 0.25) is 5.02 Å². The highest BCUT2D eigenvalue weighted by molar-refractivity contribution is 6.31. The largest absolute Gasteiger partial charge is 0.386 e. The van der Waals surface area contributed by atoms with E-state index in [0.717, 1.165) is 11.1 Å². The van der Waals surface area contributed by atoms with Crippen LogP contribution in [0, 0.1) is 0 Å². The van der Waals surface area contributed by atoms with E-state index in [2.05, 4.69) is 5.32 Å². The highest BCUT2D eigenvalue weighted by Crippen LogP contribution is 2.31. The summed E-state index contributed by atoms with van der Waals surface area (Å²) in [5, 5.41) is 23.5. The molecule has 0 heterocycles. The molecular weight excluding hydrogens is 302 g/mol. The second-order valence-corrected chi connectivity index (χ2v) is 5.79. The van der Waals surface area contributed by atoms with E-state index < -0.39 is 24.2 Å². The number of benzene rings is 2. The number of carbonyl (C=O) groups excluding carboxylic acids is 1. The molecule has 0 bridgehead atoms. The van der Waals surface area contributed by atoms with Crippen LogP contribution in [0.4, 0.5) is 0 Å². The Bertz CT molecular complexity index is 704. The summed E-state index contributed by atoms with van der Waals surface area (Å²) in [6.45, 7) is 0. The Labute approximate surface area is 133 Å². The zero-order chi connectivity index (χ0) is 15.7. The zero-order valence-electron chi connectivity index (χ0n) is 11.7. The molecule has 3 rings (SSSR count). The van der Waals surface area contributed by atoms with Gasteiger partial charge in [0, 0.05) is 10.6 Å². The lowest BCUT2D eigenvalue weighted by Crippen LogP contribution is -2.40. The Hall–Kier alpha value is -1.88. The molecule has 0 spiro atoms. The van der Waals surface area contributed by atoms with Gasteiger partial charge >= 0.3 is 0 Å². The van der Waals surface area contributed by atoms with Gasteiger partial charge in [-0.25, -0.2) is 0 Å². The van der Waals surface area contributed by atoms with Crippen LogP contribution in [0.1, 0.15) is 28.9 Å².